The quantitative estimate of drug-likeness (QED) is 0.285. The van der Waals surface area contributed by atoms with Crippen LogP contribution < -0.4 is 16.5 Å². The lowest BCUT2D eigenvalue weighted by atomic mass is 9.99. The average molecular weight is 479 g/mol. The summed E-state index contributed by atoms with van der Waals surface area (Å²) in [5.74, 6) is 5.65. The maximum Gasteiger partial charge on any atom is 0.251 e. The fourth-order valence-electron chi connectivity index (χ4n) is 4.32. The van der Waals surface area contributed by atoms with Gasteiger partial charge >= 0.3 is 0 Å². The molecule has 4 N–H and O–H groups in total. The summed E-state index contributed by atoms with van der Waals surface area (Å²) in [4.78, 5) is 31.5. The van der Waals surface area contributed by atoms with Gasteiger partial charge in [0.1, 0.15) is 29.7 Å². The third kappa shape index (κ3) is 4.57. The number of halogens is 1. The summed E-state index contributed by atoms with van der Waals surface area (Å²) < 4.78 is 15.7. The van der Waals surface area contributed by atoms with Gasteiger partial charge in [0.05, 0.1) is 5.54 Å². The molecule has 3 aromatic rings. The van der Waals surface area contributed by atoms with Crippen LogP contribution in [0.3, 0.4) is 0 Å². The maximum atomic E-state index is 13.6. The van der Waals surface area contributed by atoms with Crippen molar-refractivity contribution in [3.05, 3.63) is 65.7 Å². The molecule has 0 unspecified atom stereocenters. The first kappa shape index (κ1) is 23.9. The number of carbonyl (C=O) groups is 2. The summed E-state index contributed by atoms with van der Waals surface area (Å²) in [6, 6.07) is 13.2. The minimum atomic E-state index is -0.766. The molecule has 0 atom stereocenters. The van der Waals surface area contributed by atoms with Crippen LogP contribution in [0.2, 0.25) is 0 Å². The van der Waals surface area contributed by atoms with Crippen LogP contribution in [0.15, 0.2) is 58.9 Å². The van der Waals surface area contributed by atoms with E-state index in [4.69, 9.17) is 10.8 Å². The zero-order valence-electron chi connectivity index (χ0n) is 19.7. The van der Waals surface area contributed by atoms with E-state index in [1.54, 1.807) is 42.3 Å². The van der Waals surface area contributed by atoms with E-state index in [2.05, 4.69) is 21.0 Å². The molecule has 0 radical (unpaired) electrons. The van der Waals surface area contributed by atoms with Crippen LogP contribution in [-0.2, 0) is 16.9 Å². The number of carbonyl (C=O) groups excluding carboxylic acids is 2. The van der Waals surface area contributed by atoms with Gasteiger partial charge in [-0.3, -0.25) is 9.59 Å². The molecule has 10 nitrogen and oxygen atoms in total. The third-order valence-electron chi connectivity index (χ3n) is 6.06. The first-order valence-electron chi connectivity index (χ1n) is 11.1. The Morgan fingerprint density at radius 1 is 1.17 bits per heavy atom. The number of amides is 2. The molecule has 2 amide bonds. The van der Waals surface area contributed by atoms with E-state index in [1.807, 2.05) is 24.5 Å². The van der Waals surface area contributed by atoms with Gasteiger partial charge in [-0.15, -0.1) is 0 Å². The first-order chi connectivity index (χ1) is 16.8. The molecule has 2 heterocycles. The normalized spacial score (nSPS) is 14.6. The van der Waals surface area contributed by atoms with Gasteiger partial charge in [-0.1, -0.05) is 11.3 Å². The maximum absolute atomic E-state index is 13.6. The fraction of sp³-hybridized carbons (Fsp3) is 0.292. The highest BCUT2D eigenvalue weighted by molar-refractivity contribution is 5.95. The molecule has 2 aromatic carbocycles. The largest absolute Gasteiger partial charge is 0.355 e. The zero-order chi connectivity index (χ0) is 25.2. The van der Waals surface area contributed by atoms with E-state index in [0.29, 0.717) is 47.2 Å². The smallest absolute Gasteiger partial charge is 0.251 e. The molecule has 1 aliphatic rings. The Labute approximate surface area is 202 Å². The lowest BCUT2D eigenvalue weighted by Gasteiger charge is -2.42. The topological polar surface area (TPSA) is 130 Å². The van der Waals surface area contributed by atoms with E-state index in [1.165, 1.54) is 12.1 Å². The van der Waals surface area contributed by atoms with Crippen molar-refractivity contribution < 1.29 is 14.0 Å². The number of nitrogens with one attached hydrogen (secondary N) is 2. The third-order valence-corrected chi connectivity index (χ3v) is 6.06. The summed E-state index contributed by atoms with van der Waals surface area (Å²) in [5.41, 5.74) is 1.75. The van der Waals surface area contributed by atoms with Crippen molar-refractivity contribution in [1.29, 1.82) is 0 Å². The van der Waals surface area contributed by atoms with Crippen molar-refractivity contribution in [1.82, 2.24) is 19.8 Å². The van der Waals surface area contributed by atoms with Crippen molar-refractivity contribution in [2.24, 2.45) is 16.2 Å². The van der Waals surface area contributed by atoms with Crippen LogP contribution in [-0.4, -0.2) is 46.4 Å². The molecule has 1 aliphatic heterocycles. The Morgan fingerprint density at radius 2 is 1.91 bits per heavy atom. The van der Waals surface area contributed by atoms with Crippen molar-refractivity contribution >= 4 is 23.3 Å². The molecule has 35 heavy (non-hydrogen) atoms. The fourth-order valence-corrected chi connectivity index (χ4v) is 4.32. The highest BCUT2D eigenvalue weighted by Crippen LogP contribution is 2.39. The van der Waals surface area contributed by atoms with E-state index in [-0.39, 0.29) is 24.2 Å². The van der Waals surface area contributed by atoms with Crippen molar-refractivity contribution in [2.45, 2.75) is 25.9 Å². The summed E-state index contributed by atoms with van der Waals surface area (Å²) in [5, 5.41) is 12.8. The van der Waals surface area contributed by atoms with Crippen molar-refractivity contribution in [3.8, 4) is 11.3 Å². The van der Waals surface area contributed by atoms with E-state index in [0.717, 1.165) is 0 Å². The summed E-state index contributed by atoms with van der Waals surface area (Å²) in [6.45, 7) is 4.56. The number of anilines is 2. The van der Waals surface area contributed by atoms with Crippen LogP contribution >= 0.6 is 0 Å². The number of rotatable bonds is 6. The Hall–Kier alpha value is -4.28. The van der Waals surface area contributed by atoms with E-state index in [9.17, 15) is 14.0 Å². The van der Waals surface area contributed by atoms with Gasteiger partial charge in [0.25, 0.3) is 5.91 Å². The van der Waals surface area contributed by atoms with E-state index >= 15 is 0 Å². The Bertz CT molecular complexity index is 1280. The molecule has 0 saturated heterocycles. The van der Waals surface area contributed by atoms with Gasteiger partial charge in [-0.05, 0) is 56.3 Å². The molecular weight excluding hydrogens is 451 g/mol. The van der Waals surface area contributed by atoms with Crippen LogP contribution in [0.5, 0.6) is 0 Å². The SMILES string of the molecule is CNC(=O)c1cccc(Nc2c(-c3ccc(F)cc3)nc3n2CCN(C(=O)CN=NN)C3(C)C)c1. The Morgan fingerprint density at radius 3 is 2.60 bits per heavy atom. The molecule has 0 fully saturated rings. The second kappa shape index (κ2) is 9.53. The highest BCUT2D eigenvalue weighted by atomic mass is 19.1. The number of hydrogen-bond acceptors (Lipinski definition) is 6. The van der Waals surface area contributed by atoms with Crippen LogP contribution in [0, 0.1) is 5.82 Å². The first-order valence-corrected chi connectivity index (χ1v) is 11.1. The Balaban J connectivity index is 1.81. The number of benzene rings is 2. The molecule has 0 saturated carbocycles. The van der Waals surface area contributed by atoms with Crippen LogP contribution in [0.1, 0.15) is 30.0 Å². The molecule has 4 rings (SSSR count). The van der Waals surface area contributed by atoms with Gasteiger partial charge in [0, 0.05) is 37.0 Å². The van der Waals surface area contributed by atoms with E-state index < -0.39 is 5.54 Å². The summed E-state index contributed by atoms with van der Waals surface area (Å²) in [7, 11) is 1.58. The predicted molar refractivity (Wildman–Crippen MR) is 129 cm³/mol. The second-order valence-corrected chi connectivity index (χ2v) is 8.60. The van der Waals surface area contributed by atoms with Gasteiger partial charge in [-0.2, -0.15) is 5.11 Å². The number of aromatic nitrogens is 2. The molecule has 11 heteroatoms. The number of nitrogens with two attached hydrogens (primary N) is 1. The van der Waals surface area contributed by atoms with Gasteiger partial charge in [0.15, 0.2) is 0 Å². The summed E-state index contributed by atoms with van der Waals surface area (Å²) in [6.07, 6.45) is 0. The molecule has 0 bridgehead atoms. The number of hydrogen-bond donors (Lipinski definition) is 3. The number of fused-ring (bicyclic) bond motifs is 1. The lowest BCUT2D eigenvalue weighted by molar-refractivity contribution is -0.137. The standard InChI is InChI=1S/C24H27FN8O2/c1-24(2)23-30-20(15-7-9-17(25)10-8-15)21(29-18-6-4-5-16(13-18)22(35)27-3)32(23)11-12-33(24)19(34)14-28-31-26/h4-10,13,29H,11-12,14H2,1-3H3,(H2,26,28)(H,27,35). The minimum Gasteiger partial charge on any atom is -0.355 e. The molecule has 0 aliphatic carbocycles. The molecule has 0 spiro atoms. The van der Waals surface area contributed by atoms with Gasteiger partial charge in [0.2, 0.25) is 5.91 Å². The molecule has 1 aromatic heterocycles. The Kier molecular flexibility index (Phi) is 6.50. The van der Waals surface area contributed by atoms with Crippen molar-refractivity contribution in [2.75, 3.05) is 25.5 Å². The van der Waals surface area contributed by atoms with Gasteiger partial charge < -0.3 is 25.9 Å². The molecular formula is C24H27FN8O2. The number of nitrogens with zero attached hydrogens (tertiary/aromatic N) is 5. The van der Waals surface area contributed by atoms with Crippen LogP contribution in [0.25, 0.3) is 11.3 Å². The number of imidazole rings is 1. The lowest BCUT2D eigenvalue weighted by Crippen LogP contribution is -2.52. The minimum absolute atomic E-state index is 0.150. The van der Waals surface area contributed by atoms with Crippen LogP contribution in [0.4, 0.5) is 15.9 Å². The molecule has 182 valence electrons. The monoisotopic (exact) mass is 478 g/mol. The second-order valence-electron chi connectivity index (χ2n) is 8.60. The highest BCUT2D eigenvalue weighted by Gasteiger charge is 2.41. The van der Waals surface area contributed by atoms with Gasteiger partial charge in [-0.25, -0.2) is 9.37 Å². The average Bonchev–Trinajstić information content (AvgIpc) is 3.22. The predicted octanol–water partition coefficient (Wildman–Crippen LogP) is 3.20. The summed E-state index contributed by atoms with van der Waals surface area (Å²) >= 11 is 0. The van der Waals surface area contributed by atoms with Crippen molar-refractivity contribution in [3.63, 3.8) is 0 Å². The zero-order valence-corrected chi connectivity index (χ0v) is 19.7.